The van der Waals surface area contributed by atoms with Crippen LogP contribution in [0.3, 0.4) is 0 Å². The molecule has 1 saturated carbocycles. The van der Waals surface area contributed by atoms with Gasteiger partial charge in [0, 0.05) is 12.6 Å². The number of nitrogens with zero attached hydrogens (tertiary/aromatic N) is 1. The molecule has 0 saturated heterocycles. The topological polar surface area (TPSA) is 51.5 Å². The van der Waals surface area contributed by atoms with Crippen LogP contribution in [-0.2, 0) is 18.0 Å². The molecule has 0 unspecified atom stereocenters. The van der Waals surface area contributed by atoms with Crippen LogP contribution >= 0.6 is 11.3 Å². The summed E-state index contributed by atoms with van der Waals surface area (Å²) in [6, 6.07) is 5.09. The van der Waals surface area contributed by atoms with Gasteiger partial charge in [0.25, 0.3) is 0 Å². The number of esters is 1. The van der Waals surface area contributed by atoms with E-state index in [4.69, 9.17) is 4.74 Å². The Hall–Kier alpha value is -2.48. The zero-order chi connectivity index (χ0) is 21.6. The van der Waals surface area contributed by atoms with Gasteiger partial charge in [-0.05, 0) is 48.6 Å². The third kappa shape index (κ3) is 3.47. The average molecular weight is 437 g/mol. The predicted octanol–water partition coefficient (Wildman–Crippen LogP) is 6.47. The van der Waals surface area contributed by atoms with Crippen molar-refractivity contribution in [1.29, 1.82) is 0 Å². The molecular weight excluding hydrogens is 415 g/mol. The Labute approximate surface area is 175 Å². The number of benzene rings is 1. The number of hydrogen-bond acceptors (Lipinski definition) is 4. The van der Waals surface area contributed by atoms with Gasteiger partial charge in [0.15, 0.2) is 0 Å². The van der Waals surface area contributed by atoms with Gasteiger partial charge in [-0.25, -0.2) is 4.79 Å². The van der Waals surface area contributed by atoms with Gasteiger partial charge in [-0.1, -0.05) is 19.3 Å². The highest BCUT2D eigenvalue weighted by Crippen LogP contribution is 2.49. The molecule has 1 aliphatic carbocycles. The van der Waals surface area contributed by atoms with E-state index < -0.39 is 23.5 Å². The van der Waals surface area contributed by atoms with E-state index in [9.17, 15) is 23.1 Å². The number of phenolic OH excluding ortho intramolecular Hbond substituents is 1. The predicted molar refractivity (Wildman–Crippen MR) is 110 cm³/mol. The molecule has 3 aromatic rings. The summed E-state index contributed by atoms with van der Waals surface area (Å²) in [4.78, 5) is 12.5. The summed E-state index contributed by atoms with van der Waals surface area (Å²) in [7, 11) is 3.04. The second kappa shape index (κ2) is 7.65. The van der Waals surface area contributed by atoms with Gasteiger partial charge in [0.2, 0.25) is 0 Å². The number of methoxy groups -OCH3 is 1. The van der Waals surface area contributed by atoms with E-state index in [1.807, 2.05) is 0 Å². The molecule has 8 heteroatoms. The molecule has 0 bridgehead atoms. The number of carbonyl (C=O) groups excluding carboxylic acids is 1. The number of fused-ring (bicyclic) bond motifs is 1. The van der Waals surface area contributed by atoms with Gasteiger partial charge < -0.3 is 14.4 Å². The second-order valence-corrected chi connectivity index (χ2v) is 8.75. The molecule has 30 heavy (non-hydrogen) atoms. The molecule has 0 spiro atoms. The minimum Gasteiger partial charge on any atom is -0.508 e. The number of aryl methyl sites for hydroxylation is 1. The zero-order valence-electron chi connectivity index (χ0n) is 16.7. The number of aromatic nitrogens is 1. The number of aromatic hydroxyl groups is 1. The van der Waals surface area contributed by atoms with Crippen LogP contribution in [0.15, 0.2) is 24.3 Å². The standard InChI is InChI=1S/C22H22F3NO3S/c1-26-16-11-17(21(28)29-2)30-20(16)18(12-6-4-3-5-7-12)19(26)14-9-8-13(27)10-15(14)22(23,24)25/h8-12,27H,3-7H2,1-2H3. The maximum Gasteiger partial charge on any atom is 0.417 e. The van der Waals surface area contributed by atoms with Crippen LogP contribution in [0, 0.1) is 0 Å². The summed E-state index contributed by atoms with van der Waals surface area (Å²) in [5, 5.41) is 9.70. The number of phenols is 1. The van der Waals surface area contributed by atoms with Crippen molar-refractivity contribution in [2.24, 2.45) is 7.05 Å². The van der Waals surface area contributed by atoms with Gasteiger partial charge >= 0.3 is 12.1 Å². The molecule has 1 fully saturated rings. The largest absolute Gasteiger partial charge is 0.508 e. The number of rotatable bonds is 3. The van der Waals surface area contributed by atoms with Crippen LogP contribution in [0.4, 0.5) is 13.2 Å². The molecule has 1 aliphatic rings. The van der Waals surface area contributed by atoms with Crippen LogP contribution in [0.1, 0.15) is 58.8 Å². The third-order valence-corrected chi connectivity index (χ3v) is 7.01. The Balaban J connectivity index is 2.02. The van der Waals surface area contributed by atoms with Crippen molar-refractivity contribution < 1.29 is 27.8 Å². The summed E-state index contributed by atoms with van der Waals surface area (Å²) in [6.45, 7) is 0. The maximum absolute atomic E-state index is 13.8. The first kappa shape index (κ1) is 20.8. The zero-order valence-corrected chi connectivity index (χ0v) is 17.5. The Bertz CT molecular complexity index is 1110. The van der Waals surface area contributed by atoms with Gasteiger partial charge in [-0.15, -0.1) is 11.3 Å². The Morgan fingerprint density at radius 1 is 1.20 bits per heavy atom. The number of carbonyl (C=O) groups is 1. The molecule has 1 N–H and O–H groups in total. The molecular formula is C22H22F3NO3S. The lowest BCUT2D eigenvalue weighted by molar-refractivity contribution is -0.137. The van der Waals surface area contributed by atoms with E-state index in [0.717, 1.165) is 54.0 Å². The summed E-state index contributed by atoms with van der Waals surface area (Å²) in [5.41, 5.74) is 1.28. The van der Waals surface area contributed by atoms with Crippen LogP contribution in [0.25, 0.3) is 21.5 Å². The van der Waals surface area contributed by atoms with E-state index in [1.54, 1.807) is 17.7 Å². The van der Waals surface area contributed by atoms with E-state index >= 15 is 0 Å². The lowest BCUT2D eigenvalue weighted by Gasteiger charge is -2.24. The van der Waals surface area contributed by atoms with Crippen LogP contribution in [0.5, 0.6) is 5.75 Å². The van der Waals surface area contributed by atoms with E-state index in [2.05, 4.69) is 0 Å². The van der Waals surface area contributed by atoms with Gasteiger partial charge in [0.05, 0.1) is 28.6 Å². The Kier molecular flexibility index (Phi) is 5.30. The molecule has 4 nitrogen and oxygen atoms in total. The molecule has 0 radical (unpaired) electrons. The molecule has 1 aromatic carbocycles. The van der Waals surface area contributed by atoms with Crippen LogP contribution < -0.4 is 0 Å². The van der Waals surface area contributed by atoms with Gasteiger partial charge in [0.1, 0.15) is 10.6 Å². The van der Waals surface area contributed by atoms with Crippen LogP contribution in [-0.4, -0.2) is 22.8 Å². The molecule has 0 amide bonds. The van der Waals surface area contributed by atoms with Crippen molar-refractivity contribution >= 4 is 27.5 Å². The van der Waals surface area contributed by atoms with Crippen molar-refractivity contribution in [3.63, 3.8) is 0 Å². The Morgan fingerprint density at radius 3 is 2.53 bits per heavy atom. The van der Waals surface area contributed by atoms with Crippen molar-refractivity contribution in [3.05, 3.63) is 40.3 Å². The van der Waals surface area contributed by atoms with Crippen LogP contribution in [0.2, 0.25) is 0 Å². The quantitative estimate of drug-likeness (QED) is 0.478. The highest BCUT2D eigenvalue weighted by atomic mass is 32.1. The number of halogens is 3. The molecule has 4 rings (SSSR count). The number of hydrogen-bond donors (Lipinski definition) is 1. The van der Waals surface area contributed by atoms with Crippen molar-refractivity contribution in [2.45, 2.75) is 44.2 Å². The lowest BCUT2D eigenvalue weighted by Crippen LogP contribution is -2.11. The van der Waals surface area contributed by atoms with Gasteiger partial charge in [-0.2, -0.15) is 13.2 Å². The fourth-order valence-corrected chi connectivity index (χ4v) is 5.73. The summed E-state index contributed by atoms with van der Waals surface area (Å²) >= 11 is 1.27. The monoisotopic (exact) mass is 437 g/mol. The second-order valence-electron chi connectivity index (χ2n) is 7.70. The molecule has 0 aliphatic heterocycles. The summed E-state index contributed by atoms with van der Waals surface area (Å²) < 4.78 is 48.9. The van der Waals surface area contributed by atoms with Crippen molar-refractivity contribution in [1.82, 2.24) is 4.57 Å². The minimum absolute atomic E-state index is 0.0476. The number of alkyl halides is 3. The normalized spacial score (nSPS) is 15.6. The first-order valence-corrected chi connectivity index (χ1v) is 10.6. The SMILES string of the molecule is COC(=O)c1cc2c(s1)c(C1CCCCC1)c(-c1ccc(O)cc1C(F)(F)F)n2C. The average Bonchev–Trinajstić information content (AvgIpc) is 3.26. The summed E-state index contributed by atoms with van der Waals surface area (Å²) in [5.74, 6) is -0.751. The minimum atomic E-state index is -4.60. The fraction of sp³-hybridized carbons (Fsp3) is 0.409. The van der Waals surface area contributed by atoms with Crippen molar-refractivity contribution in [2.75, 3.05) is 7.11 Å². The molecule has 0 atom stereocenters. The number of ether oxygens (including phenoxy) is 1. The number of thiophene rings is 1. The smallest absolute Gasteiger partial charge is 0.417 e. The van der Waals surface area contributed by atoms with E-state index in [0.29, 0.717) is 10.6 Å². The third-order valence-electron chi connectivity index (χ3n) is 5.87. The highest BCUT2D eigenvalue weighted by molar-refractivity contribution is 7.21. The molecule has 2 heterocycles. The Morgan fingerprint density at radius 2 is 1.90 bits per heavy atom. The first-order chi connectivity index (χ1) is 14.2. The van der Waals surface area contributed by atoms with Gasteiger partial charge in [-0.3, -0.25) is 0 Å². The van der Waals surface area contributed by atoms with E-state index in [1.165, 1.54) is 30.6 Å². The molecule has 160 valence electrons. The van der Waals surface area contributed by atoms with E-state index in [-0.39, 0.29) is 11.5 Å². The lowest BCUT2D eigenvalue weighted by atomic mass is 9.82. The molecule has 2 aromatic heterocycles. The first-order valence-electron chi connectivity index (χ1n) is 9.83. The fourth-order valence-electron chi connectivity index (χ4n) is 4.50. The van der Waals surface area contributed by atoms with Crippen molar-refractivity contribution in [3.8, 4) is 17.0 Å². The summed E-state index contributed by atoms with van der Waals surface area (Å²) in [6.07, 6.45) is 0.363. The maximum atomic E-state index is 13.8. The highest BCUT2D eigenvalue weighted by Gasteiger charge is 2.37.